The van der Waals surface area contributed by atoms with Crippen LogP contribution >= 0.6 is 0 Å². The molecule has 0 saturated carbocycles. The van der Waals surface area contributed by atoms with E-state index < -0.39 is 17.3 Å². The maximum absolute atomic E-state index is 13.9. The Morgan fingerprint density at radius 2 is 2.09 bits per heavy atom. The van der Waals surface area contributed by atoms with Crippen LogP contribution < -0.4 is 11.1 Å². The van der Waals surface area contributed by atoms with Crippen molar-refractivity contribution >= 4 is 23.3 Å². The number of rotatable bonds is 3. The Hall–Kier alpha value is -3.22. The van der Waals surface area contributed by atoms with Gasteiger partial charge in [0.1, 0.15) is 11.6 Å². The molecule has 0 unspecified atom stereocenters. The molecular weight excluding hydrogens is 301 g/mol. The van der Waals surface area contributed by atoms with E-state index in [0.717, 1.165) is 11.6 Å². The zero-order chi connectivity index (χ0) is 16.6. The van der Waals surface area contributed by atoms with Gasteiger partial charge in [0, 0.05) is 24.4 Å². The van der Waals surface area contributed by atoms with E-state index in [0.29, 0.717) is 23.2 Å². The first kappa shape index (κ1) is 14.7. The van der Waals surface area contributed by atoms with Crippen molar-refractivity contribution in [1.82, 2.24) is 10.3 Å². The monoisotopic (exact) mass is 313 g/mol. The van der Waals surface area contributed by atoms with Crippen LogP contribution in [0.25, 0.3) is 16.7 Å². The predicted octanol–water partition coefficient (Wildman–Crippen LogP) is 1.68. The molecule has 2 aromatic rings. The van der Waals surface area contributed by atoms with Crippen molar-refractivity contribution < 1.29 is 19.1 Å². The summed E-state index contributed by atoms with van der Waals surface area (Å²) in [5, 5.41) is 11.5. The van der Waals surface area contributed by atoms with Gasteiger partial charge in [-0.1, -0.05) is 6.07 Å². The summed E-state index contributed by atoms with van der Waals surface area (Å²) in [6.45, 7) is 0.385. The number of pyridine rings is 1. The standard InChI is InChI=1S/C16H12FN3O3/c17-13-4-8(1-2-11(13)16(22)23)12-3-9(7-20-15(12)18)10-5-14(21)19-6-10/h1-5,7H,6H2,(H2,18,20)(H,19,21)(H,22,23). The van der Waals surface area contributed by atoms with Gasteiger partial charge < -0.3 is 16.2 Å². The summed E-state index contributed by atoms with van der Waals surface area (Å²) >= 11 is 0. The molecule has 0 saturated heterocycles. The minimum absolute atomic E-state index is 0.185. The number of nitrogens with zero attached hydrogens (tertiary/aromatic N) is 1. The van der Waals surface area contributed by atoms with Gasteiger partial charge >= 0.3 is 5.97 Å². The number of carbonyl (C=O) groups is 2. The molecule has 6 nitrogen and oxygen atoms in total. The normalized spacial score (nSPS) is 13.6. The number of anilines is 1. The summed E-state index contributed by atoms with van der Waals surface area (Å²) in [6, 6.07) is 5.45. The Kier molecular flexibility index (Phi) is 3.53. The Morgan fingerprint density at radius 1 is 1.30 bits per heavy atom. The van der Waals surface area contributed by atoms with Gasteiger partial charge in [-0.2, -0.15) is 0 Å². The van der Waals surface area contributed by atoms with Crippen LogP contribution in [0.1, 0.15) is 15.9 Å². The third-order valence-corrected chi connectivity index (χ3v) is 3.56. The molecule has 1 aliphatic rings. The lowest BCUT2D eigenvalue weighted by Crippen LogP contribution is -2.14. The van der Waals surface area contributed by atoms with Crippen molar-refractivity contribution in [2.75, 3.05) is 12.3 Å². The van der Waals surface area contributed by atoms with Gasteiger partial charge in [0.15, 0.2) is 0 Å². The molecule has 1 aromatic carbocycles. The lowest BCUT2D eigenvalue weighted by Gasteiger charge is -2.09. The highest BCUT2D eigenvalue weighted by atomic mass is 19.1. The van der Waals surface area contributed by atoms with Crippen LogP contribution in [-0.4, -0.2) is 28.5 Å². The average molecular weight is 313 g/mol. The van der Waals surface area contributed by atoms with Gasteiger partial charge in [-0.25, -0.2) is 14.2 Å². The second kappa shape index (κ2) is 5.53. The van der Waals surface area contributed by atoms with Crippen molar-refractivity contribution in [3.63, 3.8) is 0 Å². The van der Waals surface area contributed by atoms with Crippen molar-refractivity contribution in [3.05, 3.63) is 53.5 Å². The lowest BCUT2D eigenvalue weighted by molar-refractivity contribution is -0.115. The van der Waals surface area contributed by atoms with Gasteiger partial charge in [0.05, 0.1) is 5.56 Å². The highest BCUT2D eigenvalue weighted by molar-refractivity contribution is 6.01. The Morgan fingerprint density at radius 3 is 2.70 bits per heavy atom. The minimum Gasteiger partial charge on any atom is -0.478 e. The molecule has 1 aliphatic heterocycles. The first-order valence-electron chi connectivity index (χ1n) is 6.73. The second-order valence-corrected chi connectivity index (χ2v) is 5.04. The van der Waals surface area contributed by atoms with Crippen molar-refractivity contribution in [1.29, 1.82) is 0 Å². The zero-order valence-electron chi connectivity index (χ0n) is 11.8. The number of nitrogens with two attached hydrogens (primary N) is 1. The van der Waals surface area contributed by atoms with Gasteiger partial charge in [0.25, 0.3) is 0 Å². The van der Waals surface area contributed by atoms with E-state index >= 15 is 0 Å². The molecule has 0 spiro atoms. The van der Waals surface area contributed by atoms with E-state index in [1.165, 1.54) is 24.4 Å². The van der Waals surface area contributed by atoms with Crippen LogP contribution in [0.4, 0.5) is 10.2 Å². The number of hydrogen-bond donors (Lipinski definition) is 3. The third-order valence-electron chi connectivity index (χ3n) is 3.56. The topological polar surface area (TPSA) is 105 Å². The van der Waals surface area contributed by atoms with Crippen LogP contribution in [0.5, 0.6) is 0 Å². The molecule has 4 N–H and O–H groups in total. The quantitative estimate of drug-likeness (QED) is 0.799. The first-order valence-corrected chi connectivity index (χ1v) is 6.73. The van der Waals surface area contributed by atoms with E-state index in [4.69, 9.17) is 10.8 Å². The second-order valence-electron chi connectivity index (χ2n) is 5.04. The zero-order valence-corrected chi connectivity index (χ0v) is 11.8. The van der Waals surface area contributed by atoms with Crippen LogP contribution in [-0.2, 0) is 4.79 Å². The highest BCUT2D eigenvalue weighted by Crippen LogP contribution is 2.29. The number of carboxylic acid groups (broad SMARTS) is 1. The molecule has 0 atom stereocenters. The summed E-state index contributed by atoms with van der Waals surface area (Å²) in [5.41, 5.74) is 7.76. The fourth-order valence-electron chi connectivity index (χ4n) is 2.37. The number of nitrogens with one attached hydrogen (secondary N) is 1. The molecule has 0 bridgehead atoms. The van der Waals surface area contributed by atoms with E-state index in [-0.39, 0.29) is 11.7 Å². The lowest BCUT2D eigenvalue weighted by atomic mass is 10.00. The van der Waals surface area contributed by atoms with Crippen LogP contribution in [0.15, 0.2) is 36.5 Å². The molecule has 3 rings (SSSR count). The fraction of sp³-hybridized carbons (Fsp3) is 0.0625. The van der Waals surface area contributed by atoms with Gasteiger partial charge in [0.2, 0.25) is 5.91 Å². The number of halogens is 1. The third kappa shape index (κ3) is 2.76. The summed E-state index contributed by atoms with van der Waals surface area (Å²) in [6.07, 6.45) is 3.00. The van der Waals surface area contributed by atoms with E-state index in [1.54, 1.807) is 6.07 Å². The Labute approximate surface area is 130 Å². The maximum atomic E-state index is 13.9. The average Bonchev–Trinajstić information content (AvgIpc) is 2.94. The number of carbonyl (C=O) groups excluding carboxylic acids is 1. The van der Waals surface area contributed by atoms with Gasteiger partial charge in [-0.15, -0.1) is 0 Å². The molecule has 7 heteroatoms. The number of hydrogen-bond acceptors (Lipinski definition) is 4. The van der Waals surface area contributed by atoms with E-state index in [9.17, 15) is 14.0 Å². The van der Waals surface area contributed by atoms with E-state index in [1.807, 2.05) is 0 Å². The molecule has 23 heavy (non-hydrogen) atoms. The molecule has 116 valence electrons. The molecular formula is C16H12FN3O3. The number of benzene rings is 1. The van der Waals surface area contributed by atoms with Gasteiger partial charge in [-0.3, -0.25) is 4.79 Å². The summed E-state index contributed by atoms with van der Waals surface area (Å²) < 4.78 is 13.9. The van der Waals surface area contributed by atoms with Crippen molar-refractivity contribution in [2.24, 2.45) is 0 Å². The molecule has 1 amide bonds. The maximum Gasteiger partial charge on any atom is 0.338 e. The molecule has 0 fully saturated rings. The van der Waals surface area contributed by atoms with Crippen LogP contribution in [0.2, 0.25) is 0 Å². The number of aromatic carboxylic acids is 1. The fourth-order valence-corrected chi connectivity index (χ4v) is 2.37. The van der Waals surface area contributed by atoms with Gasteiger partial charge in [-0.05, 0) is 34.9 Å². The molecule has 0 radical (unpaired) electrons. The number of nitrogen functional groups attached to an aromatic ring is 1. The minimum atomic E-state index is -1.34. The van der Waals surface area contributed by atoms with E-state index in [2.05, 4.69) is 10.3 Å². The highest BCUT2D eigenvalue weighted by Gasteiger charge is 2.16. The Balaban J connectivity index is 2.06. The molecule has 2 heterocycles. The van der Waals surface area contributed by atoms with Crippen LogP contribution in [0, 0.1) is 5.82 Å². The molecule has 0 aliphatic carbocycles. The van der Waals surface area contributed by atoms with Crippen LogP contribution in [0.3, 0.4) is 0 Å². The predicted molar refractivity (Wildman–Crippen MR) is 82.0 cm³/mol. The largest absolute Gasteiger partial charge is 0.478 e. The van der Waals surface area contributed by atoms with Crippen molar-refractivity contribution in [3.8, 4) is 11.1 Å². The van der Waals surface area contributed by atoms with Crippen molar-refractivity contribution in [2.45, 2.75) is 0 Å². The summed E-state index contributed by atoms with van der Waals surface area (Å²) in [4.78, 5) is 26.2. The first-order chi connectivity index (χ1) is 11.0. The summed E-state index contributed by atoms with van der Waals surface area (Å²) in [7, 11) is 0. The number of aromatic nitrogens is 1. The number of amides is 1. The Bertz CT molecular complexity index is 862. The number of carboxylic acids is 1. The smallest absolute Gasteiger partial charge is 0.338 e. The molecule has 1 aromatic heterocycles. The summed E-state index contributed by atoms with van der Waals surface area (Å²) in [5.74, 6) is -2.18. The SMILES string of the molecule is Nc1ncc(C2=CC(=O)NC2)cc1-c1ccc(C(=O)O)c(F)c1.